The van der Waals surface area contributed by atoms with Gasteiger partial charge in [0, 0.05) is 17.8 Å². The topological polar surface area (TPSA) is 59.8 Å². The van der Waals surface area contributed by atoms with Gasteiger partial charge in [-0.3, -0.25) is 14.1 Å². The van der Waals surface area contributed by atoms with Gasteiger partial charge < -0.3 is 0 Å². The molecule has 3 rings (SSSR count). The first-order valence-corrected chi connectivity index (χ1v) is 9.95. The normalized spacial score (nSPS) is 13.1. The van der Waals surface area contributed by atoms with E-state index in [9.17, 15) is 9.18 Å². The fraction of sp³-hybridized carbons (Fsp3) is 0.381. The van der Waals surface area contributed by atoms with E-state index < -0.39 is 5.82 Å². The maximum absolute atomic E-state index is 13.3. The van der Waals surface area contributed by atoms with Crippen LogP contribution < -0.4 is 10.3 Å². The van der Waals surface area contributed by atoms with Crippen molar-refractivity contribution in [2.24, 2.45) is 7.05 Å². The second-order valence-corrected chi connectivity index (χ2v) is 9.63. The summed E-state index contributed by atoms with van der Waals surface area (Å²) in [5, 5.41) is 0.567. The van der Waals surface area contributed by atoms with Gasteiger partial charge in [-0.15, -0.1) is 0 Å². The zero-order valence-electron chi connectivity index (χ0n) is 17.0. The van der Waals surface area contributed by atoms with Gasteiger partial charge in [0.05, 0.1) is 17.1 Å². The summed E-state index contributed by atoms with van der Waals surface area (Å²) in [7, 11) is 1.66. The van der Waals surface area contributed by atoms with Gasteiger partial charge in [0.15, 0.2) is 5.82 Å². The van der Waals surface area contributed by atoms with Crippen molar-refractivity contribution >= 4 is 22.9 Å². The number of hydrogen-bond acceptors (Lipinski definition) is 5. The molecule has 0 fully saturated rings. The third kappa shape index (κ3) is 4.25. The van der Waals surface area contributed by atoms with Crippen molar-refractivity contribution in [2.75, 3.05) is 0 Å². The second kappa shape index (κ2) is 7.64. The van der Waals surface area contributed by atoms with Crippen LogP contribution in [0.2, 0.25) is 0 Å². The number of benzene rings is 1. The number of nitrogens with one attached hydrogen (secondary N) is 1. The molecule has 0 saturated carbocycles. The molecule has 2 heterocycles. The number of fused-ring (bicyclic) bond motifs is 1. The van der Waals surface area contributed by atoms with Crippen LogP contribution in [0.1, 0.15) is 44.9 Å². The Hall–Kier alpha value is -2.25. The highest BCUT2D eigenvalue weighted by molar-refractivity contribution is 7.98. The predicted molar refractivity (Wildman–Crippen MR) is 114 cm³/mol. The maximum Gasteiger partial charge on any atom is 0.261 e. The number of halogens is 1. The van der Waals surface area contributed by atoms with Gasteiger partial charge in [-0.25, -0.2) is 14.4 Å². The lowest BCUT2D eigenvalue weighted by Crippen LogP contribution is -2.23. The lowest BCUT2D eigenvalue weighted by Gasteiger charge is -2.23. The highest BCUT2D eigenvalue weighted by atomic mass is 32.2. The van der Waals surface area contributed by atoms with Gasteiger partial charge in [0.2, 0.25) is 0 Å². The summed E-state index contributed by atoms with van der Waals surface area (Å²) in [5.41, 5.74) is 2.91. The molecule has 0 radical (unpaired) electrons. The van der Waals surface area contributed by atoms with Crippen molar-refractivity contribution in [1.29, 1.82) is 0 Å². The molecular weight excluding hydrogens is 375 g/mol. The first kappa shape index (κ1) is 20.5. The van der Waals surface area contributed by atoms with E-state index in [4.69, 9.17) is 4.98 Å². The fourth-order valence-corrected chi connectivity index (χ4v) is 3.61. The Bertz CT molecular complexity index is 1070. The number of aryl methyl sites for hydroxylation is 1. The molecule has 5 nitrogen and oxygen atoms in total. The lowest BCUT2D eigenvalue weighted by molar-refractivity contribution is 0.621. The Morgan fingerprint density at radius 3 is 2.57 bits per heavy atom. The van der Waals surface area contributed by atoms with Crippen LogP contribution in [0.15, 0.2) is 35.3 Å². The van der Waals surface area contributed by atoms with E-state index in [0.29, 0.717) is 22.4 Å². The van der Waals surface area contributed by atoms with Crippen molar-refractivity contribution in [3.8, 4) is 11.5 Å². The third-order valence-electron chi connectivity index (χ3n) is 4.32. The summed E-state index contributed by atoms with van der Waals surface area (Å²) in [6, 6.07) is 6.75. The summed E-state index contributed by atoms with van der Waals surface area (Å²) >= 11 is 1.65. The molecule has 0 unspecified atom stereocenters. The van der Waals surface area contributed by atoms with Gasteiger partial charge in [-0.2, -0.15) is 0 Å². The largest absolute Gasteiger partial charge is 0.294 e. The molecule has 2 aromatic heterocycles. The van der Waals surface area contributed by atoms with Crippen LogP contribution in [0.4, 0.5) is 4.39 Å². The highest BCUT2D eigenvalue weighted by Gasteiger charge is 2.19. The number of hydrogen-bond donors (Lipinski definition) is 1. The average molecular weight is 401 g/mol. The van der Waals surface area contributed by atoms with E-state index in [1.165, 1.54) is 16.7 Å². The third-order valence-corrected chi connectivity index (χ3v) is 5.40. The lowest BCUT2D eigenvalue weighted by atomic mass is 10.0. The Balaban J connectivity index is 2.19. The van der Waals surface area contributed by atoms with Crippen LogP contribution in [0.5, 0.6) is 0 Å². The number of rotatable bonds is 4. The molecule has 0 saturated heterocycles. The summed E-state index contributed by atoms with van der Waals surface area (Å²) in [6.07, 6.45) is 1.13. The van der Waals surface area contributed by atoms with Gasteiger partial charge >= 0.3 is 0 Å². The summed E-state index contributed by atoms with van der Waals surface area (Å²) in [6.45, 7) is 10.4. The van der Waals surface area contributed by atoms with E-state index in [2.05, 4.69) is 43.5 Å². The molecular formula is C21H25FN4OS. The fourth-order valence-electron chi connectivity index (χ4n) is 2.95. The number of pyridine rings is 1. The van der Waals surface area contributed by atoms with Crippen molar-refractivity contribution in [3.63, 3.8) is 0 Å². The van der Waals surface area contributed by atoms with Crippen molar-refractivity contribution < 1.29 is 4.39 Å². The molecule has 0 aliphatic heterocycles. The molecule has 0 aliphatic carbocycles. The average Bonchev–Trinajstić information content (AvgIpc) is 2.63. The molecule has 1 N–H and O–H groups in total. The highest BCUT2D eigenvalue weighted by Crippen LogP contribution is 2.29. The standard InChI is InChI=1S/C21H25FN4OS/c1-12-9-15(13(2)25-28-21(3,4)5)18-16(10-12)20(27)26(6)19(24-18)17-8-7-14(22)11-23-17/h7-11,13,25H,1-6H3/t13-/m1/s1. The van der Waals surface area contributed by atoms with E-state index >= 15 is 0 Å². The minimum atomic E-state index is -0.428. The predicted octanol–water partition coefficient (Wildman–Crippen LogP) is 4.54. The monoisotopic (exact) mass is 400 g/mol. The van der Waals surface area contributed by atoms with Gasteiger partial charge in [0.25, 0.3) is 5.56 Å². The summed E-state index contributed by atoms with van der Waals surface area (Å²) in [4.78, 5) is 21.9. The Kier molecular flexibility index (Phi) is 5.59. The summed E-state index contributed by atoms with van der Waals surface area (Å²) < 4.78 is 18.3. The second-order valence-electron chi connectivity index (χ2n) is 7.97. The molecule has 3 aromatic rings. The molecule has 7 heteroatoms. The Morgan fingerprint density at radius 1 is 1.25 bits per heavy atom. The van der Waals surface area contributed by atoms with Crippen molar-refractivity contribution in [3.05, 3.63) is 57.8 Å². The van der Waals surface area contributed by atoms with Crippen molar-refractivity contribution in [1.82, 2.24) is 19.3 Å². The van der Waals surface area contributed by atoms with Crippen LogP contribution in [-0.4, -0.2) is 19.3 Å². The first-order valence-electron chi connectivity index (χ1n) is 9.13. The van der Waals surface area contributed by atoms with Crippen LogP contribution in [-0.2, 0) is 7.05 Å². The van der Waals surface area contributed by atoms with E-state index in [1.54, 1.807) is 19.0 Å². The molecule has 0 amide bonds. The van der Waals surface area contributed by atoms with Gasteiger partial charge in [-0.05, 0) is 63.9 Å². The minimum Gasteiger partial charge on any atom is -0.294 e. The molecule has 0 bridgehead atoms. The molecule has 28 heavy (non-hydrogen) atoms. The Labute approximate surface area is 168 Å². The SMILES string of the molecule is Cc1cc([C@@H](C)NSC(C)(C)C)c2nc(-c3ccc(F)cn3)n(C)c(=O)c2c1. The smallest absolute Gasteiger partial charge is 0.261 e. The zero-order valence-corrected chi connectivity index (χ0v) is 17.8. The molecule has 0 spiro atoms. The quantitative estimate of drug-likeness (QED) is 0.652. The van der Waals surface area contributed by atoms with Crippen LogP contribution in [0, 0.1) is 12.7 Å². The first-order chi connectivity index (χ1) is 13.1. The maximum atomic E-state index is 13.3. The van der Waals surface area contributed by atoms with Crippen LogP contribution in [0.25, 0.3) is 22.4 Å². The molecule has 1 aromatic carbocycles. The van der Waals surface area contributed by atoms with E-state index in [1.807, 2.05) is 13.0 Å². The number of nitrogens with zero attached hydrogens (tertiary/aromatic N) is 3. The van der Waals surface area contributed by atoms with E-state index in [-0.39, 0.29) is 16.3 Å². The minimum absolute atomic E-state index is 0.0136. The van der Waals surface area contributed by atoms with Gasteiger partial charge in [0.1, 0.15) is 11.5 Å². The van der Waals surface area contributed by atoms with Crippen LogP contribution in [0.3, 0.4) is 0 Å². The Morgan fingerprint density at radius 2 is 1.96 bits per heavy atom. The van der Waals surface area contributed by atoms with Crippen LogP contribution >= 0.6 is 11.9 Å². The zero-order chi connectivity index (χ0) is 20.6. The molecule has 0 aliphatic rings. The van der Waals surface area contributed by atoms with Crippen molar-refractivity contribution in [2.45, 2.75) is 45.4 Å². The molecule has 148 valence electrons. The molecule has 1 atom stereocenters. The van der Waals surface area contributed by atoms with Gasteiger partial charge in [-0.1, -0.05) is 18.0 Å². The van der Waals surface area contributed by atoms with E-state index in [0.717, 1.165) is 17.3 Å². The summed E-state index contributed by atoms with van der Waals surface area (Å²) in [5.74, 6) is -0.0128. The number of aromatic nitrogens is 3.